The second-order valence-electron chi connectivity index (χ2n) is 7.68. The number of piperidine rings is 1. The second-order valence-corrected chi connectivity index (χ2v) is 7.68. The number of rotatable bonds is 3. The summed E-state index contributed by atoms with van der Waals surface area (Å²) in [6.45, 7) is 6.81. The van der Waals surface area contributed by atoms with Crippen molar-refractivity contribution >= 4 is 5.91 Å². The minimum Gasteiger partial charge on any atom is -0.361 e. The Hall–Kier alpha value is -2.28. The van der Waals surface area contributed by atoms with Gasteiger partial charge in [-0.3, -0.25) is 9.69 Å². The summed E-state index contributed by atoms with van der Waals surface area (Å²) in [6, 6.07) is 3.18. The van der Waals surface area contributed by atoms with Crippen LogP contribution in [-0.2, 0) is 6.54 Å². The van der Waals surface area contributed by atoms with E-state index in [1.54, 1.807) is 4.90 Å². The predicted molar refractivity (Wildman–Crippen MR) is 95.2 cm³/mol. The number of fused-ring (bicyclic) bond motifs is 4. The molecule has 1 amide bonds. The van der Waals surface area contributed by atoms with E-state index < -0.39 is 11.6 Å². The van der Waals surface area contributed by atoms with E-state index in [-0.39, 0.29) is 17.5 Å². The number of aryl methyl sites for hydroxylation is 2. The van der Waals surface area contributed by atoms with Gasteiger partial charge in [0.15, 0.2) is 0 Å². The average Bonchev–Trinajstić information content (AvgIpc) is 2.81. The molecule has 3 fully saturated rings. The van der Waals surface area contributed by atoms with Crippen LogP contribution in [0, 0.1) is 31.4 Å². The van der Waals surface area contributed by atoms with Crippen LogP contribution in [0.4, 0.5) is 8.78 Å². The smallest absolute Gasteiger partial charge is 0.257 e. The lowest BCUT2D eigenvalue weighted by molar-refractivity contribution is 0.0580. The van der Waals surface area contributed by atoms with Crippen LogP contribution in [0.25, 0.3) is 0 Å². The Kier molecular flexibility index (Phi) is 4.72. The Bertz CT molecular complexity index is 847. The number of halogens is 2. The van der Waals surface area contributed by atoms with Gasteiger partial charge in [0.2, 0.25) is 0 Å². The van der Waals surface area contributed by atoms with Crippen LogP contribution in [0.5, 0.6) is 0 Å². The van der Waals surface area contributed by atoms with Crippen LogP contribution in [0.3, 0.4) is 0 Å². The van der Waals surface area contributed by atoms with Crippen molar-refractivity contribution in [2.75, 3.05) is 19.6 Å². The molecule has 144 valence electrons. The molecule has 1 aromatic heterocycles. The molecule has 0 saturated carbocycles. The summed E-state index contributed by atoms with van der Waals surface area (Å²) in [5, 5.41) is 4.02. The summed E-state index contributed by atoms with van der Waals surface area (Å²) in [6.07, 6.45) is 1.95. The van der Waals surface area contributed by atoms with E-state index in [0.29, 0.717) is 12.5 Å². The van der Waals surface area contributed by atoms with Crippen LogP contribution in [0.15, 0.2) is 22.7 Å². The Morgan fingerprint density at radius 2 is 2.04 bits per heavy atom. The van der Waals surface area contributed by atoms with Gasteiger partial charge in [-0.25, -0.2) is 8.78 Å². The van der Waals surface area contributed by atoms with Gasteiger partial charge in [0.1, 0.15) is 17.4 Å². The lowest BCUT2D eigenvalue weighted by atomic mass is 9.94. The van der Waals surface area contributed by atoms with Gasteiger partial charge in [0.05, 0.1) is 11.3 Å². The number of carbonyl (C=O) groups excluding carboxylic acids is 1. The largest absolute Gasteiger partial charge is 0.361 e. The van der Waals surface area contributed by atoms with Gasteiger partial charge in [-0.05, 0) is 44.7 Å². The molecule has 0 spiro atoms. The van der Waals surface area contributed by atoms with Crippen LogP contribution >= 0.6 is 0 Å². The van der Waals surface area contributed by atoms with Crippen molar-refractivity contribution in [2.24, 2.45) is 5.92 Å². The first kappa shape index (κ1) is 18.1. The van der Waals surface area contributed by atoms with Crippen molar-refractivity contribution in [3.05, 3.63) is 52.4 Å². The van der Waals surface area contributed by atoms with Gasteiger partial charge in [0.25, 0.3) is 5.91 Å². The van der Waals surface area contributed by atoms with E-state index >= 15 is 0 Å². The molecule has 1 aromatic carbocycles. The number of hydrogen-bond donors (Lipinski definition) is 0. The highest BCUT2D eigenvalue weighted by atomic mass is 19.1. The third kappa shape index (κ3) is 3.48. The molecule has 2 atom stereocenters. The molecule has 0 aliphatic carbocycles. The average molecular weight is 375 g/mol. The zero-order valence-corrected chi connectivity index (χ0v) is 15.5. The Morgan fingerprint density at radius 3 is 2.74 bits per heavy atom. The quantitative estimate of drug-likeness (QED) is 0.826. The van der Waals surface area contributed by atoms with Gasteiger partial charge in [-0.15, -0.1) is 0 Å². The summed E-state index contributed by atoms with van der Waals surface area (Å²) in [5.41, 5.74) is 1.94. The summed E-state index contributed by atoms with van der Waals surface area (Å²) < 4.78 is 32.5. The topological polar surface area (TPSA) is 49.6 Å². The molecule has 27 heavy (non-hydrogen) atoms. The fourth-order valence-corrected chi connectivity index (χ4v) is 4.33. The Morgan fingerprint density at radius 1 is 1.22 bits per heavy atom. The molecule has 2 aromatic rings. The maximum Gasteiger partial charge on any atom is 0.257 e. The zero-order valence-electron chi connectivity index (χ0n) is 15.5. The van der Waals surface area contributed by atoms with Crippen molar-refractivity contribution < 1.29 is 18.1 Å². The zero-order chi connectivity index (χ0) is 19.1. The van der Waals surface area contributed by atoms with Gasteiger partial charge in [0, 0.05) is 43.9 Å². The van der Waals surface area contributed by atoms with Crippen molar-refractivity contribution in [3.63, 3.8) is 0 Å². The number of hydrogen-bond acceptors (Lipinski definition) is 4. The molecule has 0 unspecified atom stereocenters. The second kappa shape index (κ2) is 7.03. The molecular weight excluding hydrogens is 352 g/mol. The van der Waals surface area contributed by atoms with Crippen LogP contribution < -0.4 is 0 Å². The monoisotopic (exact) mass is 375 g/mol. The molecule has 3 aliphatic heterocycles. The molecule has 5 rings (SSSR count). The number of carbonyl (C=O) groups is 1. The number of amides is 1. The minimum absolute atomic E-state index is 0.0289. The maximum absolute atomic E-state index is 14.1. The molecule has 4 heterocycles. The van der Waals surface area contributed by atoms with E-state index in [1.165, 1.54) is 6.07 Å². The van der Waals surface area contributed by atoms with Gasteiger partial charge >= 0.3 is 0 Å². The lowest BCUT2D eigenvalue weighted by Gasteiger charge is -2.36. The molecule has 7 heteroatoms. The lowest BCUT2D eigenvalue weighted by Crippen LogP contribution is -2.47. The summed E-state index contributed by atoms with van der Waals surface area (Å²) in [7, 11) is 0. The number of benzene rings is 1. The first-order valence-corrected chi connectivity index (χ1v) is 9.32. The van der Waals surface area contributed by atoms with Crippen LogP contribution in [0.1, 0.15) is 40.2 Å². The maximum atomic E-state index is 14.1. The van der Waals surface area contributed by atoms with E-state index in [0.717, 1.165) is 61.6 Å². The minimum atomic E-state index is -0.798. The predicted octanol–water partition coefficient (Wildman–Crippen LogP) is 3.31. The molecule has 0 N–H and O–H groups in total. The van der Waals surface area contributed by atoms with Gasteiger partial charge in [-0.2, -0.15) is 0 Å². The molecule has 2 bridgehead atoms. The first-order chi connectivity index (χ1) is 12.9. The molecule has 5 nitrogen and oxygen atoms in total. The fraction of sp³-hybridized carbons (Fsp3) is 0.500. The van der Waals surface area contributed by atoms with Crippen molar-refractivity contribution in [1.29, 1.82) is 0 Å². The van der Waals surface area contributed by atoms with Gasteiger partial charge in [-0.1, -0.05) is 5.16 Å². The molecule has 3 saturated heterocycles. The summed E-state index contributed by atoms with van der Waals surface area (Å²) >= 11 is 0. The first-order valence-electron chi connectivity index (χ1n) is 9.32. The Labute approximate surface area is 156 Å². The van der Waals surface area contributed by atoms with Gasteiger partial charge < -0.3 is 9.42 Å². The highest BCUT2D eigenvalue weighted by Gasteiger charge is 2.38. The molecule has 3 aliphatic rings. The van der Waals surface area contributed by atoms with Crippen LogP contribution in [-0.4, -0.2) is 46.5 Å². The normalized spacial score (nSPS) is 22.9. The Balaban J connectivity index is 1.53. The standard InChI is InChI=1S/C20H23F2N3O2/c1-12-18(13(2)27-23-12)11-24-8-14-3-5-16(10-24)25(9-14)20(26)17-6-4-15(21)7-19(17)22/h4,6-7,14,16H,3,5,8-11H2,1-2H3/t14-,16+/m1/s1. The summed E-state index contributed by atoms with van der Waals surface area (Å²) in [4.78, 5) is 17.0. The molecular formula is C20H23F2N3O2. The van der Waals surface area contributed by atoms with Crippen molar-refractivity contribution in [1.82, 2.24) is 15.0 Å². The van der Waals surface area contributed by atoms with E-state index in [1.807, 2.05) is 13.8 Å². The number of nitrogens with zero attached hydrogens (tertiary/aromatic N) is 3. The third-order valence-electron chi connectivity index (χ3n) is 5.77. The highest BCUT2D eigenvalue weighted by molar-refractivity contribution is 5.94. The van der Waals surface area contributed by atoms with E-state index in [4.69, 9.17) is 4.52 Å². The van der Waals surface area contributed by atoms with E-state index in [2.05, 4.69) is 10.1 Å². The van der Waals surface area contributed by atoms with Crippen molar-refractivity contribution in [2.45, 2.75) is 39.3 Å². The number of aromatic nitrogens is 1. The fourth-order valence-electron chi connectivity index (χ4n) is 4.33. The summed E-state index contributed by atoms with van der Waals surface area (Å²) in [5.74, 6) is -0.650. The molecule has 0 radical (unpaired) electrons. The van der Waals surface area contributed by atoms with Crippen molar-refractivity contribution in [3.8, 4) is 0 Å². The highest BCUT2D eigenvalue weighted by Crippen LogP contribution is 2.31. The van der Waals surface area contributed by atoms with Crippen LogP contribution in [0.2, 0.25) is 0 Å². The van der Waals surface area contributed by atoms with E-state index in [9.17, 15) is 13.6 Å². The third-order valence-corrected chi connectivity index (χ3v) is 5.77. The SMILES string of the molecule is Cc1noc(C)c1CN1C[C@H]2CC[C@@H](C1)N(C(=O)c1ccc(F)cc1F)C2.